The van der Waals surface area contributed by atoms with Crippen LogP contribution >= 0.6 is 11.6 Å². The molecule has 1 aliphatic heterocycles. The number of hydrogen-bond acceptors (Lipinski definition) is 5. The maximum atomic E-state index is 13.7. The third-order valence-corrected chi connectivity index (χ3v) is 5.55. The van der Waals surface area contributed by atoms with Crippen LogP contribution in [0.25, 0.3) is 0 Å². The highest BCUT2D eigenvalue weighted by Crippen LogP contribution is 2.30. The molecule has 0 radical (unpaired) electrons. The van der Waals surface area contributed by atoms with Gasteiger partial charge in [0.1, 0.15) is 5.82 Å². The van der Waals surface area contributed by atoms with Gasteiger partial charge in [0.15, 0.2) is 12.4 Å². The van der Waals surface area contributed by atoms with Crippen molar-refractivity contribution in [1.29, 1.82) is 0 Å². The molecular weight excluding hydrogens is 397 g/mol. The van der Waals surface area contributed by atoms with Crippen molar-refractivity contribution in [2.75, 3.05) is 23.7 Å². The van der Waals surface area contributed by atoms with E-state index in [9.17, 15) is 22.4 Å². The van der Waals surface area contributed by atoms with Gasteiger partial charge in [0.05, 0.1) is 17.5 Å². The molecule has 0 atom stereocenters. The Labute approximate surface area is 160 Å². The fourth-order valence-electron chi connectivity index (χ4n) is 2.84. The molecule has 142 valence electrons. The molecule has 3 rings (SSSR count). The molecule has 27 heavy (non-hydrogen) atoms. The van der Waals surface area contributed by atoms with Crippen molar-refractivity contribution in [3.05, 3.63) is 63.9 Å². The number of ketones is 1. The minimum atomic E-state index is -3.38. The van der Waals surface area contributed by atoms with E-state index in [0.29, 0.717) is 18.7 Å². The zero-order chi connectivity index (χ0) is 19.8. The third kappa shape index (κ3) is 4.12. The van der Waals surface area contributed by atoms with E-state index in [0.717, 1.165) is 24.0 Å². The molecule has 0 bridgehead atoms. The van der Waals surface area contributed by atoms with E-state index in [2.05, 4.69) is 0 Å². The Hall–Kier alpha value is -2.45. The third-order valence-electron chi connectivity index (χ3n) is 4.14. The van der Waals surface area contributed by atoms with Gasteiger partial charge in [0, 0.05) is 17.1 Å². The van der Waals surface area contributed by atoms with Crippen molar-refractivity contribution < 1.29 is 27.1 Å². The van der Waals surface area contributed by atoms with Crippen molar-refractivity contribution >= 4 is 39.1 Å². The molecule has 0 amide bonds. The fraction of sp³-hybridized carbons (Fsp3) is 0.222. The molecule has 2 aromatic rings. The molecule has 6 nitrogen and oxygen atoms in total. The maximum absolute atomic E-state index is 13.7. The lowest BCUT2D eigenvalue weighted by Gasteiger charge is -2.16. The van der Waals surface area contributed by atoms with E-state index in [-0.39, 0.29) is 16.1 Å². The molecule has 0 fully saturated rings. The summed E-state index contributed by atoms with van der Waals surface area (Å²) in [6.45, 7) is -0.256. The van der Waals surface area contributed by atoms with E-state index < -0.39 is 34.2 Å². The molecule has 0 spiro atoms. The summed E-state index contributed by atoms with van der Waals surface area (Å²) in [5, 5.41) is 0.170. The highest BCUT2D eigenvalue weighted by molar-refractivity contribution is 7.92. The number of carbonyl (C=O) groups excluding carboxylic acids is 2. The van der Waals surface area contributed by atoms with Crippen LogP contribution in [-0.2, 0) is 21.2 Å². The topological polar surface area (TPSA) is 80.8 Å². The lowest BCUT2D eigenvalue weighted by atomic mass is 10.1. The van der Waals surface area contributed by atoms with E-state index in [1.54, 1.807) is 12.1 Å². The lowest BCUT2D eigenvalue weighted by molar-refractivity contribution is 0.0470. The van der Waals surface area contributed by atoms with Gasteiger partial charge in [-0.15, -0.1) is 0 Å². The number of Topliss-reactive ketones (excluding diaryl/α,β-unsaturated/α-hetero) is 1. The first-order valence-corrected chi connectivity index (χ1v) is 10.2. The summed E-state index contributed by atoms with van der Waals surface area (Å²) in [6.07, 6.45) is 1.60. The molecule has 0 aliphatic carbocycles. The average Bonchev–Trinajstić information content (AvgIpc) is 3.04. The Morgan fingerprint density at radius 2 is 1.96 bits per heavy atom. The number of nitrogens with zero attached hydrogens (tertiary/aromatic N) is 1. The summed E-state index contributed by atoms with van der Waals surface area (Å²) < 4.78 is 43.3. The predicted octanol–water partition coefficient (Wildman–Crippen LogP) is 2.84. The molecule has 0 saturated heterocycles. The first-order chi connectivity index (χ1) is 12.7. The summed E-state index contributed by atoms with van der Waals surface area (Å²) >= 11 is 5.73. The van der Waals surface area contributed by atoms with Gasteiger partial charge in [0.25, 0.3) is 0 Å². The Morgan fingerprint density at radius 1 is 1.22 bits per heavy atom. The second-order valence-corrected chi connectivity index (χ2v) is 8.40. The van der Waals surface area contributed by atoms with Gasteiger partial charge in [-0.3, -0.25) is 9.10 Å². The summed E-state index contributed by atoms with van der Waals surface area (Å²) in [6, 6.07) is 8.06. The number of rotatable bonds is 5. The predicted molar refractivity (Wildman–Crippen MR) is 98.4 cm³/mol. The highest BCUT2D eigenvalue weighted by Gasteiger charge is 2.27. The monoisotopic (exact) mass is 411 g/mol. The molecular formula is C18H15ClFNO5S. The van der Waals surface area contributed by atoms with Crippen LogP contribution in [-0.4, -0.2) is 39.6 Å². The SMILES string of the molecule is CS(=O)(=O)N1CCc2cc(C(=O)COC(=O)c3cc(Cl)ccc3F)ccc21. The maximum Gasteiger partial charge on any atom is 0.341 e. The second kappa shape index (κ2) is 7.28. The number of halogens is 2. The quantitative estimate of drug-likeness (QED) is 0.558. The summed E-state index contributed by atoms with van der Waals surface area (Å²) in [7, 11) is -3.38. The standard InChI is InChI=1S/C18H15ClFNO5S/c1-27(24,25)21-7-6-11-8-12(2-5-16(11)21)17(22)10-26-18(23)14-9-13(19)3-4-15(14)20/h2-5,8-9H,6-7,10H2,1H3. The molecule has 9 heteroatoms. The molecule has 0 unspecified atom stereocenters. The lowest BCUT2D eigenvalue weighted by Crippen LogP contribution is -2.27. The van der Waals surface area contributed by atoms with Gasteiger partial charge in [-0.1, -0.05) is 11.6 Å². The zero-order valence-corrected chi connectivity index (χ0v) is 15.8. The first kappa shape index (κ1) is 19.3. The van der Waals surface area contributed by atoms with E-state index in [4.69, 9.17) is 16.3 Å². The number of esters is 1. The Bertz CT molecular complexity index is 1040. The second-order valence-electron chi connectivity index (χ2n) is 6.05. The smallest absolute Gasteiger partial charge is 0.341 e. The molecule has 0 aromatic heterocycles. The van der Waals surface area contributed by atoms with Crippen molar-refractivity contribution in [1.82, 2.24) is 0 Å². The normalized spacial score (nSPS) is 13.4. The molecule has 0 N–H and O–H groups in total. The average molecular weight is 412 g/mol. The molecule has 1 aliphatic rings. The van der Waals surface area contributed by atoms with E-state index in [1.807, 2.05) is 0 Å². The largest absolute Gasteiger partial charge is 0.454 e. The van der Waals surface area contributed by atoms with Crippen LogP contribution in [0.15, 0.2) is 36.4 Å². The van der Waals surface area contributed by atoms with Crippen LogP contribution in [0.2, 0.25) is 5.02 Å². The summed E-state index contributed by atoms with van der Waals surface area (Å²) in [5.74, 6) is -2.27. The number of benzene rings is 2. The summed E-state index contributed by atoms with van der Waals surface area (Å²) in [4.78, 5) is 24.2. The van der Waals surface area contributed by atoms with Gasteiger partial charge in [-0.25, -0.2) is 17.6 Å². The molecule has 2 aromatic carbocycles. The van der Waals surface area contributed by atoms with Crippen molar-refractivity contribution in [3.63, 3.8) is 0 Å². The number of carbonyl (C=O) groups is 2. The van der Waals surface area contributed by atoms with Gasteiger partial charge in [-0.2, -0.15) is 0 Å². The number of ether oxygens (including phenoxy) is 1. The zero-order valence-electron chi connectivity index (χ0n) is 14.2. The van der Waals surface area contributed by atoms with Crippen LogP contribution < -0.4 is 4.31 Å². The Balaban J connectivity index is 1.71. The van der Waals surface area contributed by atoms with Gasteiger partial charge >= 0.3 is 5.97 Å². The summed E-state index contributed by atoms with van der Waals surface area (Å²) in [5.41, 5.74) is 1.18. The van der Waals surface area contributed by atoms with Gasteiger partial charge < -0.3 is 4.74 Å². The van der Waals surface area contributed by atoms with Crippen molar-refractivity contribution in [2.24, 2.45) is 0 Å². The Morgan fingerprint density at radius 3 is 2.67 bits per heavy atom. The minimum Gasteiger partial charge on any atom is -0.454 e. The van der Waals surface area contributed by atoms with Crippen LogP contribution in [0.3, 0.4) is 0 Å². The minimum absolute atomic E-state index is 0.170. The fourth-order valence-corrected chi connectivity index (χ4v) is 3.97. The molecule has 1 heterocycles. The molecule has 0 saturated carbocycles. The van der Waals surface area contributed by atoms with Gasteiger partial charge in [-0.05, 0) is 48.4 Å². The van der Waals surface area contributed by atoms with Crippen LogP contribution in [0.5, 0.6) is 0 Å². The number of anilines is 1. The van der Waals surface area contributed by atoms with Gasteiger partial charge in [0.2, 0.25) is 10.0 Å². The van der Waals surface area contributed by atoms with E-state index in [1.165, 1.54) is 16.4 Å². The van der Waals surface area contributed by atoms with Crippen molar-refractivity contribution in [2.45, 2.75) is 6.42 Å². The van der Waals surface area contributed by atoms with E-state index >= 15 is 0 Å². The first-order valence-electron chi connectivity index (χ1n) is 7.93. The van der Waals surface area contributed by atoms with Crippen LogP contribution in [0, 0.1) is 5.82 Å². The highest BCUT2D eigenvalue weighted by atomic mass is 35.5. The number of hydrogen-bond donors (Lipinski definition) is 0. The van der Waals surface area contributed by atoms with Crippen LogP contribution in [0.1, 0.15) is 26.3 Å². The van der Waals surface area contributed by atoms with Crippen LogP contribution in [0.4, 0.5) is 10.1 Å². The number of fused-ring (bicyclic) bond motifs is 1. The van der Waals surface area contributed by atoms with Crippen molar-refractivity contribution in [3.8, 4) is 0 Å². The number of sulfonamides is 1. The Kier molecular flexibility index (Phi) is 5.21.